The van der Waals surface area contributed by atoms with E-state index in [4.69, 9.17) is 11.6 Å². The molecule has 0 fully saturated rings. The van der Waals surface area contributed by atoms with Crippen molar-refractivity contribution in [2.24, 2.45) is 0 Å². The van der Waals surface area contributed by atoms with Crippen molar-refractivity contribution >= 4 is 22.5 Å². The zero-order valence-corrected chi connectivity index (χ0v) is 11.4. The molecule has 108 valence electrons. The molecule has 21 heavy (non-hydrogen) atoms. The van der Waals surface area contributed by atoms with Crippen molar-refractivity contribution in [2.45, 2.75) is 12.1 Å². The minimum Gasteiger partial charge on any atom is -0.229 e. The van der Waals surface area contributed by atoms with E-state index in [0.717, 1.165) is 21.7 Å². The summed E-state index contributed by atoms with van der Waals surface area (Å²) in [6.45, 7) is 0. The molecule has 3 aromatic rings. The molecule has 0 atom stereocenters. The van der Waals surface area contributed by atoms with E-state index in [9.17, 15) is 13.2 Å². The number of pyridine rings is 1. The van der Waals surface area contributed by atoms with Crippen LogP contribution in [-0.4, -0.2) is 14.8 Å². The van der Waals surface area contributed by atoms with Gasteiger partial charge in [0.2, 0.25) is 0 Å². The van der Waals surface area contributed by atoms with Gasteiger partial charge in [-0.05, 0) is 23.8 Å². The van der Waals surface area contributed by atoms with Crippen LogP contribution in [0.1, 0.15) is 11.3 Å². The summed E-state index contributed by atoms with van der Waals surface area (Å²) in [4.78, 5) is 4.32. The predicted molar refractivity (Wildman–Crippen MR) is 73.4 cm³/mol. The lowest BCUT2D eigenvalue weighted by Gasteiger charge is -2.07. The molecule has 0 radical (unpaired) electrons. The van der Waals surface area contributed by atoms with Crippen molar-refractivity contribution in [1.29, 1.82) is 0 Å². The highest BCUT2D eigenvalue weighted by molar-refractivity contribution is 6.18. The Hall–Kier alpha value is -2.08. The number of benzene rings is 1. The van der Waals surface area contributed by atoms with Gasteiger partial charge in [0.05, 0.1) is 5.52 Å². The molecular weight excluding hydrogens is 303 g/mol. The first-order valence-electron chi connectivity index (χ1n) is 6.07. The molecule has 0 saturated carbocycles. The van der Waals surface area contributed by atoms with E-state index in [0.29, 0.717) is 11.3 Å². The lowest BCUT2D eigenvalue weighted by atomic mass is 10.1. The fourth-order valence-electron chi connectivity index (χ4n) is 2.06. The Kier molecular flexibility index (Phi) is 3.33. The van der Waals surface area contributed by atoms with E-state index in [1.54, 1.807) is 18.2 Å². The van der Waals surface area contributed by atoms with Crippen LogP contribution in [0.5, 0.6) is 0 Å². The average Bonchev–Trinajstić information content (AvgIpc) is 2.96. The van der Waals surface area contributed by atoms with Crippen molar-refractivity contribution in [1.82, 2.24) is 14.8 Å². The molecule has 7 heteroatoms. The van der Waals surface area contributed by atoms with Crippen LogP contribution in [-0.2, 0) is 12.1 Å². The van der Waals surface area contributed by atoms with E-state index >= 15 is 0 Å². The number of fused-ring (bicyclic) bond motifs is 1. The molecule has 3 rings (SSSR count). The number of para-hydroxylation sites is 1. The molecule has 2 aromatic heterocycles. The largest absolute Gasteiger partial charge is 0.435 e. The van der Waals surface area contributed by atoms with Gasteiger partial charge in [-0.2, -0.15) is 18.3 Å². The Bertz CT molecular complexity index is 796. The zero-order valence-electron chi connectivity index (χ0n) is 10.6. The van der Waals surface area contributed by atoms with Gasteiger partial charge < -0.3 is 0 Å². The molecule has 0 spiro atoms. The van der Waals surface area contributed by atoms with Gasteiger partial charge in [0.1, 0.15) is 0 Å². The fourth-order valence-corrected chi connectivity index (χ4v) is 2.28. The van der Waals surface area contributed by atoms with Gasteiger partial charge in [0.25, 0.3) is 0 Å². The Morgan fingerprint density at radius 3 is 2.57 bits per heavy atom. The molecular formula is C14H9ClF3N3. The van der Waals surface area contributed by atoms with Crippen LogP contribution in [0.2, 0.25) is 0 Å². The van der Waals surface area contributed by atoms with E-state index in [1.165, 1.54) is 6.20 Å². The van der Waals surface area contributed by atoms with Crippen molar-refractivity contribution in [3.63, 3.8) is 0 Å². The first-order chi connectivity index (χ1) is 9.99. The van der Waals surface area contributed by atoms with Gasteiger partial charge in [-0.3, -0.25) is 0 Å². The molecule has 0 saturated heterocycles. The van der Waals surface area contributed by atoms with Crippen LogP contribution in [0.3, 0.4) is 0 Å². The summed E-state index contributed by atoms with van der Waals surface area (Å²) in [5, 5.41) is 4.39. The third-order valence-electron chi connectivity index (χ3n) is 3.05. The number of alkyl halides is 4. The van der Waals surface area contributed by atoms with Crippen LogP contribution in [0.15, 0.2) is 42.6 Å². The zero-order chi connectivity index (χ0) is 15.0. The molecule has 0 N–H and O–H groups in total. The van der Waals surface area contributed by atoms with Crippen LogP contribution in [0, 0.1) is 0 Å². The number of hydrogen-bond donors (Lipinski definition) is 0. The SMILES string of the molecule is FC(F)(F)c1ccn(-c2cc(CCl)c3ccccc3n2)n1. The molecule has 3 nitrogen and oxygen atoms in total. The number of rotatable bonds is 2. The number of halogens is 4. The maximum absolute atomic E-state index is 12.6. The molecule has 0 aliphatic heterocycles. The maximum atomic E-state index is 12.6. The summed E-state index contributed by atoms with van der Waals surface area (Å²) >= 11 is 5.91. The Labute approximate surface area is 123 Å². The van der Waals surface area contributed by atoms with Crippen molar-refractivity contribution < 1.29 is 13.2 Å². The lowest BCUT2D eigenvalue weighted by molar-refractivity contribution is -0.141. The second-order valence-corrected chi connectivity index (χ2v) is 4.70. The van der Waals surface area contributed by atoms with Crippen molar-refractivity contribution in [3.8, 4) is 5.82 Å². The standard InChI is InChI=1S/C14H9ClF3N3/c15-8-9-7-13(19-11-4-2-1-3-10(9)11)21-6-5-12(20-21)14(16,17)18/h1-7H,8H2. The van der Waals surface area contributed by atoms with E-state index in [-0.39, 0.29) is 5.88 Å². The molecule has 2 heterocycles. The second-order valence-electron chi connectivity index (χ2n) is 4.43. The topological polar surface area (TPSA) is 30.7 Å². The quantitative estimate of drug-likeness (QED) is 0.665. The fraction of sp³-hybridized carbons (Fsp3) is 0.143. The molecule has 0 bridgehead atoms. The van der Waals surface area contributed by atoms with Crippen LogP contribution >= 0.6 is 11.6 Å². The van der Waals surface area contributed by atoms with Gasteiger partial charge in [-0.1, -0.05) is 18.2 Å². The lowest BCUT2D eigenvalue weighted by Crippen LogP contribution is -2.08. The number of hydrogen-bond acceptors (Lipinski definition) is 2. The van der Waals surface area contributed by atoms with Crippen LogP contribution in [0.4, 0.5) is 13.2 Å². The molecule has 0 amide bonds. The van der Waals surface area contributed by atoms with E-state index in [2.05, 4.69) is 10.1 Å². The minimum absolute atomic E-state index is 0.240. The normalized spacial score (nSPS) is 12.0. The Morgan fingerprint density at radius 1 is 1.14 bits per heavy atom. The van der Waals surface area contributed by atoms with Crippen LogP contribution < -0.4 is 0 Å². The third kappa shape index (κ3) is 2.58. The first-order valence-corrected chi connectivity index (χ1v) is 6.60. The van der Waals surface area contributed by atoms with Crippen LogP contribution in [0.25, 0.3) is 16.7 Å². The smallest absolute Gasteiger partial charge is 0.229 e. The van der Waals surface area contributed by atoms with Gasteiger partial charge >= 0.3 is 6.18 Å². The van der Waals surface area contributed by atoms with Gasteiger partial charge in [0.15, 0.2) is 11.5 Å². The van der Waals surface area contributed by atoms with E-state index < -0.39 is 11.9 Å². The minimum atomic E-state index is -4.47. The third-order valence-corrected chi connectivity index (χ3v) is 3.33. The van der Waals surface area contributed by atoms with Gasteiger partial charge in [0, 0.05) is 17.5 Å². The molecule has 1 aromatic carbocycles. The highest BCUT2D eigenvalue weighted by atomic mass is 35.5. The molecule has 0 aliphatic rings. The highest BCUT2D eigenvalue weighted by Gasteiger charge is 2.33. The monoisotopic (exact) mass is 311 g/mol. The number of nitrogens with zero attached hydrogens (tertiary/aromatic N) is 3. The second kappa shape index (κ2) is 5.04. The summed E-state index contributed by atoms with van der Waals surface area (Å²) in [6, 6.07) is 9.87. The van der Waals surface area contributed by atoms with Crippen molar-refractivity contribution in [2.75, 3.05) is 0 Å². The summed E-state index contributed by atoms with van der Waals surface area (Å²) in [6.07, 6.45) is -3.24. The molecule has 0 unspecified atom stereocenters. The first kappa shape index (κ1) is 13.9. The molecule has 0 aliphatic carbocycles. The summed E-state index contributed by atoms with van der Waals surface area (Å²) in [7, 11) is 0. The predicted octanol–water partition coefficient (Wildman–Crippen LogP) is 4.18. The summed E-state index contributed by atoms with van der Waals surface area (Å²) in [5.41, 5.74) is 0.501. The van der Waals surface area contributed by atoms with Gasteiger partial charge in [-0.15, -0.1) is 11.6 Å². The maximum Gasteiger partial charge on any atom is 0.435 e. The Balaban J connectivity index is 2.14. The Morgan fingerprint density at radius 2 is 1.90 bits per heavy atom. The average molecular weight is 312 g/mol. The van der Waals surface area contributed by atoms with E-state index in [1.807, 2.05) is 12.1 Å². The van der Waals surface area contributed by atoms with Crippen molar-refractivity contribution in [3.05, 3.63) is 53.9 Å². The van der Waals surface area contributed by atoms with Gasteiger partial charge in [-0.25, -0.2) is 9.67 Å². The summed E-state index contributed by atoms with van der Waals surface area (Å²) in [5.74, 6) is 0.545. The summed E-state index contributed by atoms with van der Waals surface area (Å²) < 4.78 is 38.9. The number of aromatic nitrogens is 3. The highest BCUT2D eigenvalue weighted by Crippen LogP contribution is 2.28.